The van der Waals surface area contributed by atoms with Gasteiger partial charge >= 0.3 is 10.4 Å². The van der Waals surface area contributed by atoms with Gasteiger partial charge in [-0.25, -0.2) is 0 Å². The van der Waals surface area contributed by atoms with Gasteiger partial charge in [-0.05, 0) is 26.6 Å². The molecule has 0 unspecified atom stereocenters. The van der Waals surface area contributed by atoms with Crippen LogP contribution in [0.3, 0.4) is 0 Å². The van der Waals surface area contributed by atoms with Crippen LogP contribution in [0.4, 0.5) is 0 Å². The van der Waals surface area contributed by atoms with Crippen molar-refractivity contribution in [3.8, 4) is 0 Å². The van der Waals surface area contributed by atoms with Crippen molar-refractivity contribution in [1.82, 2.24) is 4.90 Å². The lowest BCUT2D eigenvalue weighted by molar-refractivity contribution is 0.324. The van der Waals surface area contributed by atoms with Gasteiger partial charge in [0.1, 0.15) is 0 Å². The molecule has 148 valence electrons. The highest BCUT2D eigenvalue weighted by Crippen LogP contribution is 2.11. The highest BCUT2D eigenvalue weighted by atomic mass is 32.3. The molecule has 5 nitrogen and oxygen atoms in total. The molecule has 0 aliphatic heterocycles. The fourth-order valence-electron chi connectivity index (χ4n) is 2.38. The average Bonchev–Trinajstić information content (AvgIpc) is 2.55. The Hall–Kier alpha value is -0.170. The maximum absolute atomic E-state index is 9.33. The number of hydrogen-bond acceptors (Lipinski definition) is 4. The molecule has 0 saturated carbocycles. The SMILES string of the molecule is CCCCCCCCCCCCCCN(C)CC.COS(=O)(=O)O. The maximum atomic E-state index is 9.33. The maximum Gasteiger partial charge on any atom is 0.397 e. The van der Waals surface area contributed by atoms with Crippen LogP contribution in [0.2, 0.25) is 0 Å². The highest BCUT2D eigenvalue weighted by molar-refractivity contribution is 7.80. The summed E-state index contributed by atoms with van der Waals surface area (Å²) in [6, 6.07) is 0. The van der Waals surface area contributed by atoms with Gasteiger partial charge in [-0.2, -0.15) is 8.42 Å². The van der Waals surface area contributed by atoms with E-state index in [4.69, 9.17) is 4.55 Å². The van der Waals surface area contributed by atoms with Crippen LogP contribution < -0.4 is 0 Å². The zero-order valence-corrected chi connectivity index (χ0v) is 17.2. The van der Waals surface area contributed by atoms with Gasteiger partial charge in [-0.1, -0.05) is 84.5 Å². The lowest BCUT2D eigenvalue weighted by Crippen LogP contribution is -2.18. The second kappa shape index (κ2) is 19.2. The molecule has 0 heterocycles. The van der Waals surface area contributed by atoms with Crippen molar-refractivity contribution in [3.63, 3.8) is 0 Å². The van der Waals surface area contributed by atoms with E-state index in [1.165, 1.54) is 90.1 Å². The van der Waals surface area contributed by atoms with Crippen LogP contribution in [-0.4, -0.2) is 45.1 Å². The molecule has 24 heavy (non-hydrogen) atoms. The van der Waals surface area contributed by atoms with Crippen molar-refractivity contribution in [2.24, 2.45) is 0 Å². The summed E-state index contributed by atoms with van der Waals surface area (Å²) < 4.78 is 29.7. The van der Waals surface area contributed by atoms with Crippen molar-refractivity contribution in [3.05, 3.63) is 0 Å². The summed E-state index contributed by atoms with van der Waals surface area (Å²) in [5.74, 6) is 0. The Bertz CT molecular complexity index is 334. The molecule has 0 fully saturated rings. The summed E-state index contributed by atoms with van der Waals surface area (Å²) in [4.78, 5) is 2.41. The average molecular weight is 368 g/mol. The van der Waals surface area contributed by atoms with E-state index >= 15 is 0 Å². The smallest absolute Gasteiger partial charge is 0.307 e. The van der Waals surface area contributed by atoms with Crippen LogP contribution in [0.15, 0.2) is 0 Å². The lowest BCUT2D eigenvalue weighted by Gasteiger charge is -2.12. The molecule has 0 aromatic heterocycles. The third-order valence-corrected chi connectivity index (χ3v) is 4.57. The Labute approximate surface area is 151 Å². The minimum Gasteiger partial charge on any atom is -0.307 e. The van der Waals surface area contributed by atoms with Gasteiger partial charge in [0.2, 0.25) is 0 Å². The van der Waals surface area contributed by atoms with Gasteiger partial charge in [0.25, 0.3) is 0 Å². The van der Waals surface area contributed by atoms with E-state index in [9.17, 15) is 8.42 Å². The molecule has 0 aliphatic rings. The molecule has 0 aliphatic carbocycles. The molecule has 0 saturated heterocycles. The van der Waals surface area contributed by atoms with E-state index in [-0.39, 0.29) is 0 Å². The first kappa shape index (κ1) is 26.1. The monoisotopic (exact) mass is 367 g/mol. The van der Waals surface area contributed by atoms with E-state index < -0.39 is 10.4 Å². The Morgan fingerprint density at radius 3 is 1.42 bits per heavy atom. The molecule has 0 bridgehead atoms. The van der Waals surface area contributed by atoms with Crippen molar-refractivity contribution >= 4 is 10.4 Å². The summed E-state index contributed by atoms with van der Waals surface area (Å²) in [5.41, 5.74) is 0. The molecular formula is C18H41NO4S. The first-order valence-corrected chi connectivity index (χ1v) is 10.9. The Morgan fingerprint density at radius 1 is 0.792 bits per heavy atom. The largest absolute Gasteiger partial charge is 0.397 e. The topological polar surface area (TPSA) is 66.8 Å². The van der Waals surface area contributed by atoms with Crippen molar-refractivity contribution < 1.29 is 17.2 Å². The van der Waals surface area contributed by atoms with Crippen LogP contribution in [-0.2, 0) is 14.6 Å². The van der Waals surface area contributed by atoms with Gasteiger partial charge in [0.05, 0.1) is 7.11 Å². The predicted molar refractivity (Wildman–Crippen MR) is 103 cm³/mol. The number of nitrogens with zero attached hydrogens (tertiary/aromatic N) is 1. The molecule has 0 aromatic rings. The normalized spacial score (nSPS) is 11.4. The fourth-order valence-corrected chi connectivity index (χ4v) is 2.38. The molecule has 0 aromatic carbocycles. The standard InChI is InChI=1S/C17H37N.CH4O4S/c1-4-6-7-8-9-10-11-12-13-14-15-16-17-18(3)5-2;1-5-6(2,3)4/h4-17H2,1-3H3;1H3,(H,2,3,4). The molecule has 0 spiro atoms. The number of rotatable bonds is 15. The zero-order chi connectivity index (χ0) is 18.7. The second-order valence-corrected chi connectivity index (χ2v) is 7.57. The van der Waals surface area contributed by atoms with Gasteiger partial charge in [0.15, 0.2) is 0 Å². The summed E-state index contributed by atoms with van der Waals surface area (Å²) in [7, 11) is -1.07. The van der Waals surface area contributed by atoms with Gasteiger partial charge in [0, 0.05) is 0 Å². The van der Waals surface area contributed by atoms with Crippen LogP contribution in [0.1, 0.15) is 90.9 Å². The van der Waals surface area contributed by atoms with Gasteiger partial charge in [-0.3, -0.25) is 8.74 Å². The van der Waals surface area contributed by atoms with Crippen molar-refractivity contribution in [1.29, 1.82) is 0 Å². The van der Waals surface area contributed by atoms with E-state index in [0.717, 1.165) is 7.11 Å². The molecule has 6 heteroatoms. The van der Waals surface area contributed by atoms with Crippen LogP contribution in [0.5, 0.6) is 0 Å². The molecular weight excluding hydrogens is 326 g/mol. The van der Waals surface area contributed by atoms with E-state index in [2.05, 4.69) is 30.0 Å². The first-order valence-electron chi connectivity index (χ1n) is 9.58. The Kier molecular flexibility index (Phi) is 20.8. The van der Waals surface area contributed by atoms with Crippen LogP contribution in [0.25, 0.3) is 0 Å². The predicted octanol–water partition coefficient (Wildman–Crippen LogP) is 5.07. The zero-order valence-electron chi connectivity index (χ0n) is 16.4. The molecule has 0 amide bonds. The molecule has 0 rings (SSSR count). The van der Waals surface area contributed by atoms with Crippen molar-refractivity contribution in [2.75, 3.05) is 27.2 Å². The third kappa shape index (κ3) is 26.7. The molecule has 0 radical (unpaired) electrons. The molecule has 0 atom stereocenters. The number of unbranched alkanes of at least 4 members (excludes halogenated alkanes) is 11. The minimum absolute atomic E-state index is 0.870. The van der Waals surface area contributed by atoms with Crippen LogP contribution in [0, 0.1) is 0 Å². The summed E-state index contributed by atoms with van der Waals surface area (Å²) in [6.07, 6.45) is 17.4. The van der Waals surface area contributed by atoms with E-state index in [0.29, 0.717) is 0 Å². The second-order valence-electron chi connectivity index (χ2n) is 6.38. The van der Waals surface area contributed by atoms with Gasteiger partial charge in [-0.15, -0.1) is 0 Å². The van der Waals surface area contributed by atoms with E-state index in [1.807, 2.05) is 0 Å². The quantitative estimate of drug-likeness (QED) is 0.323. The lowest BCUT2D eigenvalue weighted by atomic mass is 10.1. The minimum atomic E-state index is -4.16. The van der Waals surface area contributed by atoms with Crippen LogP contribution >= 0.6 is 0 Å². The van der Waals surface area contributed by atoms with Gasteiger partial charge < -0.3 is 4.90 Å². The number of hydrogen-bond donors (Lipinski definition) is 1. The summed E-state index contributed by atoms with van der Waals surface area (Å²) in [6.45, 7) is 7.00. The Morgan fingerprint density at radius 2 is 1.12 bits per heavy atom. The first-order chi connectivity index (χ1) is 11.4. The fraction of sp³-hybridized carbons (Fsp3) is 1.00. The summed E-state index contributed by atoms with van der Waals surface area (Å²) >= 11 is 0. The van der Waals surface area contributed by atoms with Crippen molar-refractivity contribution in [2.45, 2.75) is 90.9 Å². The summed E-state index contributed by atoms with van der Waals surface area (Å²) in [5, 5.41) is 0. The van der Waals surface area contributed by atoms with E-state index in [1.54, 1.807) is 0 Å². The highest BCUT2D eigenvalue weighted by Gasteiger charge is 1.95. The Balaban J connectivity index is 0. The molecule has 1 N–H and O–H groups in total. The third-order valence-electron chi connectivity index (χ3n) is 4.14.